The van der Waals surface area contributed by atoms with E-state index in [2.05, 4.69) is 4.72 Å². The Bertz CT molecular complexity index is 1080. The van der Waals surface area contributed by atoms with Crippen LogP contribution in [-0.4, -0.2) is 13.0 Å². The Kier molecular flexibility index (Phi) is 5.78. The van der Waals surface area contributed by atoms with E-state index in [1.54, 1.807) is 24.4 Å². The summed E-state index contributed by atoms with van der Waals surface area (Å²) in [7, 11) is -2.65. The number of benzene rings is 2. The lowest BCUT2D eigenvalue weighted by molar-refractivity contribution is 0.506. The van der Waals surface area contributed by atoms with Gasteiger partial charge in [0.1, 0.15) is 0 Å². The molecule has 0 aliphatic carbocycles. The zero-order chi connectivity index (χ0) is 19.4. The van der Waals surface area contributed by atoms with Gasteiger partial charge < -0.3 is 4.57 Å². The maximum absolute atomic E-state index is 13.4. The van der Waals surface area contributed by atoms with Crippen molar-refractivity contribution in [1.29, 1.82) is 0 Å². The number of hydrogen-bond acceptors (Lipinski definition) is 3. The summed E-state index contributed by atoms with van der Waals surface area (Å²) in [6, 6.07) is 13.8. The molecular weight excluding hydrogens is 374 g/mol. The van der Waals surface area contributed by atoms with E-state index in [4.69, 9.17) is 0 Å². The van der Waals surface area contributed by atoms with Gasteiger partial charge in [0.15, 0.2) is 11.6 Å². The fraction of sp³-hybridized carbons (Fsp3) is 0.105. The first-order chi connectivity index (χ1) is 12.9. The Morgan fingerprint density at radius 1 is 0.852 bits per heavy atom. The number of pyridine rings is 1. The van der Waals surface area contributed by atoms with Crippen LogP contribution in [0.2, 0.25) is 0 Å². The maximum atomic E-state index is 13.4. The van der Waals surface area contributed by atoms with Crippen LogP contribution in [0.5, 0.6) is 0 Å². The van der Waals surface area contributed by atoms with E-state index in [1.807, 2.05) is 12.1 Å². The van der Waals surface area contributed by atoms with Gasteiger partial charge in [-0.2, -0.15) is 0 Å². The largest absolute Gasteiger partial charge is 0.310 e. The number of thiol groups is 1. The van der Waals surface area contributed by atoms with Gasteiger partial charge in [-0.05, 0) is 40.5 Å². The van der Waals surface area contributed by atoms with Gasteiger partial charge in [-0.15, -0.1) is 0 Å². The van der Waals surface area contributed by atoms with Gasteiger partial charge in [-0.25, -0.2) is 21.9 Å². The lowest BCUT2D eigenvalue weighted by Crippen LogP contribution is -2.19. The van der Waals surface area contributed by atoms with Crippen LogP contribution in [0, 0.1) is 11.6 Å². The number of halogens is 2. The molecule has 5 nitrogen and oxygen atoms in total. The maximum Gasteiger partial charge on any atom is 0.250 e. The van der Waals surface area contributed by atoms with E-state index in [0.717, 1.165) is 28.8 Å². The van der Waals surface area contributed by atoms with Gasteiger partial charge in [0.25, 0.3) is 5.56 Å². The Balaban J connectivity index is 1.84. The predicted molar refractivity (Wildman–Crippen MR) is 98.8 cm³/mol. The molecule has 0 bridgehead atoms. The zero-order valence-corrected chi connectivity index (χ0v) is 15.0. The third-order valence-electron chi connectivity index (χ3n) is 4.02. The first-order valence-corrected chi connectivity index (χ1v) is 9.22. The molecule has 3 rings (SSSR count). The van der Waals surface area contributed by atoms with E-state index in [1.165, 1.54) is 16.7 Å². The summed E-state index contributed by atoms with van der Waals surface area (Å²) < 4.78 is 51.3. The van der Waals surface area contributed by atoms with Crippen molar-refractivity contribution in [2.45, 2.75) is 13.1 Å². The molecule has 1 heterocycles. The van der Waals surface area contributed by atoms with Gasteiger partial charge in [0, 0.05) is 18.8 Å². The number of nitrogens with one attached hydrogen (secondary N) is 1. The molecule has 0 fully saturated rings. The Morgan fingerprint density at radius 2 is 1.52 bits per heavy atom. The molecule has 0 unspecified atom stereocenters. The highest BCUT2D eigenvalue weighted by Crippen LogP contribution is 2.19. The van der Waals surface area contributed by atoms with E-state index >= 15 is 0 Å². The molecule has 27 heavy (non-hydrogen) atoms. The smallest absolute Gasteiger partial charge is 0.250 e. The third kappa shape index (κ3) is 4.87. The number of hydrogen-bond donors (Lipinski definition) is 2. The van der Waals surface area contributed by atoms with Crippen molar-refractivity contribution >= 4 is 10.9 Å². The van der Waals surface area contributed by atoms with Crippen LogP contribution in [0.4, 0.5) is 8.78 Å². The first kappa shape index (κ1) is 18.9. The molecule has 2 aromatic carbocycles. The number of nitrogens with zero attached hydrogens (tertiary/aromatic N) is 1. The fourth-order valence-corrected chi connectivity index (χ4v) is 2.94. The van der Waals surface area contributed by atoms with Crippen molar-refractivity contribution in [3.63, 3.8) is 0 Å². The second-order valence-electron chi connectivity index (χ2n) is 5.92. The molecule has 0 aliphatic heterocycles. The minimum absolute atomic E-state index is 0.114. The summed E-state index contributed by atoms with van der Waals surface area (Å²) in [6.07, 6.45) is 1.64. The normalized spacial score (nSPS) is 11.1. The van der Waals surface area contributed by atoms with Crippen molar-refractivity contribution in [2.24, 2.45) is 0 Å². The standard InChI is InChI=1S/C19H16F2N2O3S/c20-17-7-3-14(9-18(17)21)11-23-12-16(6-8-19(23)24)15-4-1-13(2-5-15)10-22-27(25)26/h1-9,12,27H,10-11H2,(H,22,25,26). The van der Waals surface area contributed by atoms with Gasteiger partial charge >= 0.3 is 0 Å². The van der Waals surface area contributed by atoms with Crippen LogP contribution in [0.25, 0.3) is 11.1 Å². The van der Waals surface area contributed by atoms with E-state index in [-0.39, 0.29) is 18.6 Å². The Labute approximate surface area is 156 Å². The summed E-state index contributed by atoms with van der Waals surface area (Å²) in [6.45, 7) is 0.317. The molecular formula is C19H16F2N2O3S. The quantitative estimate of drug-likeness (QED) is 0.636. The summed E-state index contributed by atoms with van der Waals surface area (Å²) in [5.74, 6) is -1.89. The van der Waals surface area contributed by atoms with Crippen LogP contribution < -0.4 is 10.3 Å². The van der Waals surface area contributed by atoms with Gasteiger partial charge in [-0.1, -0.05) is 30.3 Å². The van der Waals surface area contributed by atoms with Crippen molar-refractivity contribution in [3.05, 3.63) is 93.9 Å². The molecule has 3 aromatic rings. The van der Waals surface area contributed by atoms with Crippen molar-refractivity contribution < 1.29 is 17.2 Å². The summed E-state index contributed by atoms with van der Waals surface area (Å²) in [4.78, 5) is 12.1. The average molecular weight is 390 g/mol. The molecule has 0 spiro atoms. The summed E-state index contributed by atoms with van der Waals surface area (Å²) in [5, 5.41) is 0. The molecule has 0 atom stereocenters. The van der Waals surface area contributed by atoms with Crippen molar-refractivity contribution in [3.8, 4) is 11.1 Å². The monoisotopic (exact) mass is 390 g/mol. The minimum atomic E-state index is -2.65. The van der Waals surface area contributed by atoms with Crippen LogP contribution in [0.15, 0.2) is 65.6 Å². The Hall–Kier alpha value is -2.84. The third-order valence-corrected chi connectivity index (χ3v) is 4.44. The highest BCUT2D eigenvalue weighted by molar-refractivity contribution is 7.70. The van der Waals surface area contributed by atoms with Gasteiger partial charge in [-0.3, -0.25) is 4.79 Å². The molecule has 0 saturated heterocycles. The molecule has 0 saturated carbocycles. The van der Waals surface area contributed by atoms with Gasteiger partial charge in [0.2, 0.25) is 10.9 Å². The predicted octanol–water partition coefficient (Wildman–Crippen LogP) is 2.46. The van der Waals surface area contributed by atoms with Crippen LogP contribution in [0.1, 0.15) is 11.1 Å². The van der Waals surface area contributed by atoms with Crippen molar-refractivity contribution in [2.75, 3.05) is 0 Å². The van der Waals surface area contributed by atoms with Crippen molar-refractivity contribution in [1.82, 2.24) is 9.29 Å². The molecule has 8 heteroatoms. The highest BCUT2D eigenvalue weighted by Gasteiger charge is 2.06. The molecule has 0 radical (unpaired) electrons. The van der Waals surface area contributed by atoms with Gasteiger partial charge in [0.05, 0.1) is 6.54 Å². The molecule has 140 valence electrons. The molecule has 0 aliphatic rings. The van der Waals surface area contributed by atoms with Crippen LogP contribution >= 0.6 is 0 Å². The van der Waals surface area contributed by atoms with E-state index in [0.29, 0.717) is 5.56 Å². The zero-order valence-electron chi connectivity index (χ0n) is 14.1. The first-order valence-electron chi connectivity index (χ1n) is 8.04. The topological polar surface area (TPSA) is 68.2 Å². The lowest BCUT2D eigenvalue weighted by atomic mass is 10.1. The lowest BCUT2D eigenvalue weighted by Gasteiger charge is -2.10. The Morgan fingerprint density at radius 3 is 2.19 bits per heavy atom. The summed E-state index contributed by atoms with van der Waals surface area (Å²) >= 11 is 0. The fourth-order valence-electron chi connectivity index (χ4n) is 2.63. The minimum Gasteiger partial charge on any atom is -0.310 e. The van der Waals surface area contributed by atoms with E-state index < -0.39 is 22.5 Å². The van der Waals surface area contributed by atoms with Crippen LogP contribution in [-0.2, 0) is 24.0 Å². The number of rotatable bonds is 6. The van der Waals surface area contributed by atoms with Crippen LogP contribution in [0.3, 0.4) is 0 Å². The molecule has 0 amide bonds. The molecule has 1 aromatic heterocycles. The SMILES string of the molecule is O=c1ccc(-c2ccc(CN[SH](=O)=O)cc2)cn1Cc1ccc(F)c(F)c1. The van der Waals surface area contributed by atoms with E-state index in [9.17, 15) is 22.0 Å². The highest BCUT2D eigenvalue weighted by atomic mass is 32.2. The second kappa shape index (κ2) is 8.24. The summed E-state index contributed by atoms with van der Waals surface area (Å²) in [5.41, 5.74) is 2.62. The number of aromatic nitrogens is 1. The second-order valence-corrected chi connectivity index (χ2v) is 6.75. The average Bonchev–Trinajstić information content (AvgIpc) is 2.65. The molecule has 1 N–H and O–H groups in total.